The van der Waals surface area contributed by atoms with Gasteiger partial charge in [0.05, 0.1) is 5.75 Å². The average Bonchev–Trinajstić information content (AvgIpc) is 3.08. The summed E-state index contributed by atoms with van der Waals surface area (Å²) in [6, 6.07) is 6.10. The summed E-state index contributed by atoms with van der Waals surface area (Å²) in [4.78, 5) is 0.0937. The van der Waals surface area contributed by atoms with Crippen LogP contribution in [-0.2, 0) is 15.8 Å². The van der Waals surface area contributed by atoms with Gasteiger partial charge in [0.25, 0.3) is 0 Å². The number of hydrogen-bond acceptors (Lipinski definition) is 3. The Balaban J connectivity index is 2.15. The number of alkyl halides is 3. The van der Waals surface area contributed by atoms with Crippen LogP contribution in [0.4, 0.5) is 13.2 Å². The van der Waals surface area contributed by atoms with E-state index in [1.54, 1.807) is 16.9 Å². The molecule has 0 unspecified atom stereocenters. The third-order valence-corrected chi connectivity index (χ3v) is 4.86. The molecule has 0 heterocycles. The standard InChI is InChI=1S/C12H13F3N2O2S2/c13-12(14,15)11(4-5-11)17-21(18,19)7-8-2-1-3-9(6-8)10(16)20/h1-3,6,17H,4-5,7H2,(H2,16,20). The minimum absolute atomic E-state index is 0.0937. The molecule has 0 atom stereocenters. The molecule has 0 aliphatic heterocycles. The van der Waals surface area contributed by atoms with Crippen LogP contribution in [-0.4, -0.2) is 25.1 Å². The number of thiocarbonyl (C=S) groups is 1. The van der Waals surface area contributed by atoms with Gasteiger partial charge in [-0.05, 0) is 24.5 Å². The molecule has 2 rings (SSSR count). The van der Waals surface area contributed by atoms with E-state index in [9.17, 15) is 21.6 Å². The second kappa shape index (κ2) is 5.22. The number of nitrogens with two attached hydrogens (primary N) is 1. The maximum atomic E-state index is 12.8. The Kier molecular flexibility index (Phi) is 4.02. The first-order valence-corrected chi connectivity index (χ1v) is 8.08. The predicted molar refractivity (Wildman–Crippen MR) is 76.1 cm³/mol. The molecule has 116 valence electrons. The van der Waals surface area contributed by atoms with Crippen LogP contribution >= 0.6 is 12.2 Å². The van der Waals surface area contributed by atoms with Crippen molar-refractivity contribution in [2.75, 3.05) is 0 Å². The number of rotatable bonds is 5. The van der Waals surface area contributed by atoms with Crippen LogP contribution in [0.15, 0.2) is 24.3 Å². The van der Waals surface area contributed by atoms with Crippen LogP contribution in [0.3, 0.4) is 0 Å². The molecule has 1 aromatic carbocycles. The molecule has 0 radical (unpaired) electrons. The summed E-state index contributed by atoms with van der Waals surface area (Å²) in [7, 11) is -4.11. The van der Waals surface area contributed by atoms with Gasteiger partial charge in [-0.2, -0.15) is 17.9 Å². The van der Waals surface area contributed by atoms with Crippen molar-refractivity contribution in [2.24, 2.45) is 5.73 Å². The average molecular weight is 338 g/mol. The Labute approximate surface area is 125 Å². The van der Waals surface area contributed by atoms with E-state index in [2.05, 4.69) is 0 Å². The van der Waals surface area contributed by atoms with E-state index in [-0.39, 0.29) is 17.8 Å². The van der Waals surface area contributed by atoms with Crippen LogP contribution in [0.1, 0.15) is 24.0 Å². The highest BCUT2D eigenvalue weighted by Crippen LogP contribution is 2.49. The summed E-state index contributed by atoms with van der Waals surface area (Å²) in [5, 5.41) is 0. The molecule has 21 heavy (non-hydrogen) atoms. The Bertz CT molecular complexity index is 667. The molecule has 4 nitrogen and oxygen atoms in total. The monoisotopic (exact) mass is 338 g/mol. The van der Waals surface area contributed by atoms with Gasteiger partial charge >= 0.3 is 6.18 Å². The Morgan fingerprint density at radius 1 is 1.38 bits per heavy atom. The minimum Gasteiger partial charge on any atom is -0.389 e. The summed E-state index contributed by atoms with van der Waals surface area (Å²) in [5.74, 6) is -0.554. The molecule has 1 fully saturated rings. The van der Waals surface area contributed by atoms with Gasteiger partial charge < -0.3 is 5.73 Å². The van der Waals surface area contributed by atoms with Crippen molar-refractivity contribution in [1.29, 1.82) is 0 Å². The van der Waals surface area contributed by atoms with Gasteiger partial charge in [-0.1, -0.05) is 30.4 Å². The van der Waals surface area contributed by atoms with Gasteiger partial charge in [0, 0.05) is 5.56 Å². The molecule has 0 spiro atoms. The smallest absolute Gasteiger partial charge is 0.389 e. The van der Waals surface area contributed by atoms with Crippen molar-refractivity contribution in [3.8, 4) is 0 Å². The van der Waals surface area contributed by atoms with E-state index in [0.717, 1.165) is 0 Å². The highest BCUT2D eigenvalue weighted by molar-refractivity contribution is 7.88. The lowest BCUT2D eigenvalue weighted by Crippen LogP contribution is -2.48. The Morgan fingerprint density at radius 3 is 2.48 bits per heavy atom. The quantitative estimate of drug-likeness (QED) is 0.804. The minimum atomic E-state index is -4.58. The van der Waals surface area contributed by atoms with Crippen LogP contribution < -0.4 is 10.5 Å². The fourth-order valence-corrected chi connectivity index (χ4v) is 3.67. The predicted octanol–water partition coefficient (Wildman–Crippen LogP) is 1.84. The molecule has 9 heteroatoms. The van der Waals surface area contributed by atoms with Gasteiger partial charge in [0.15, 0.2) is 0 Å². The summed E-state index contributed by atoms with van der Waals surface area (Å²) in [6.45, 7) is 0. The topological polar surface area (TPSA) is 72.2 Å². The Morgan fingerprint density at radius 2 is 2.00 bits per heavy atom. The van der Waals surface area contributed by atoms with E-state index in [1.807, 2.05) is 0 Å². The molecule has 0 bridgehead atoms. The number of sulfonamides is 1. The summed E-state index contributed by atoms with van der Waals surface area (Å²) in [6.07, 6.45) is -5.05. The Hall–Kier alpha value is -1.19. The highest BCUT2D eigenvalue weighted by Gasteiger charge is 2.65. The van der Waals surface area contributed by atoms with E-state index < -0.39 is 27.5 Å². The molecule has 0 saturated heterocycles. The van der Waals surface area contributed by atoms with Crippen molar-refractivity contribution < 1.29 is 21.6 Å². The van der Waals surface area contributed by atoms with E-state index in [0.29, 0.717) is 11.1 Å². The number of benzene rings is 1. The van der Waals surface area contributed by atoms with Gasteiger partial charge in [0.1, 0.15) is 10.5 Å². The van der Waals surface area contributed by atoms with Gasteiger partial charge in [0.2, 0.25) is 10.0 Å². The maximum absolute atomic E-state index is 12.8. The first-order valence-electron chi connectivity index (χ1n) is 6.02. The van der Waals surface area contributed by atoms with E-state index in [4.69, 9.17) is 18.0 Å². The lowest BCUT2D eigenvalue weighted by molar-refractivity contribution is -0.160. The van der Waals surface area contributed by atoms with Gasteiger partial charge in [-0.3, -0.25) is 0 Å². The fourth-order valence-electron chi connectivity index (χ4n) is 1.94. The number of nitrogens with one attached hydrogen (secondary N) is 1. The van der Waals surface area contributed by atoms with E-state index >= 15 is 0 Å². The molecule has 3 N–H and O–H groups in total. The molecule has 1 saturated carbocycles. The largest absolute Gasteiger partial charge is 0.407 e. The fraction of sp³-hybridized carbons (Fsp3) is 0.417. The molecule has 1 aromatic rings. The van der Waals surface area contributed by atoms with E-state index in [1.165, 1.54) is 12.1 Å². The molecule has 1 aliphatic rings. The van der Waals surface area contributed by atoms with Crippen molar-refractivity contribution in [3.63, 3.8) is 0 Å². The van der Waals surface area contributed by atoms with Crippen LogP contribution in [0.25, 0.3) is 0 Å². The lowest BCUT2D eigenvalue weighted by Gasteiger charge is -2.20. The normalized spacial score (nSPS) is 17.5. The molecular formula is C12H13F3N2O2S2. The third kappa shape index (κ3) is 3.72. The molecule has 1 aliphatic carbocycles. The highest BCUT2D eigenvalue weighted by atomic mass is 32.2. The first kappa shape index (κ1) is 16.2. The van der Waals surface area contributed by atoms with Crippen LogP contribution in [0, 0.1) is 0 Å². The summed E-state index contributed by atoms with van der Waals surface area (Å²) in [5.41, 5.74) is 3.93. The van der Waals surface area contributed by atoms with Crippen LogP contribution in [0.5, 0.6) is 0 Å². The van der Waals surface area contributed by atoms with Crippen LogP contribution in [0.2, 0.25) is 0 Å². The second-order valence-corrected chi connectivity index (χ2v) is 7.17. The first-order chi connectivity index (χ1) is 9.55. The zero-order valence-electron chi connectivity index (χ0n) is 10.8. The second-order valence-electron chi connectivity index (χ2n) is 5.01. The van der Waals surface area contributed by atoms with Crippen molar-refractivity contribution in [2.45, 2.75) is 30.3 Å². The lowest BCUT2D eigenvalue weighted by atomic mass is 10.1. The van der Waals surface area contributed by atoms with Gasteiger partial charge in [-0.25, -0.2) is 8.42 Å². The summed E-state index contributed by atoms with van der Waals surface area (Å²) >= 11 is 4.77. The van der Waals surface area contributed by atoms with Crippen molar-refractivity contribution >= 4 is 27.2 Å². The number of halogens is 3. The zero-order chi connectivity index (χ0) is 15.9. The van der Waals surface area contributed by atoms with Gasteiger partial charge in [-0.15, -0.1) is 0 Å². The van der Waals surface area contributed by atoms with Crippen molar-refractivity contribution in [1.82, 2.24) is 4.72 Å². The molecule has 0 amide bonds. The third-order valence-electron chi connectivity index (χ3n) is 3.21. The zero-order valence-corrected chi connectivity index (χ0v) is 12.4. The SMILES string of the molecule is NC(=S)c1cccc(CS(=O)(=O)NC2(C(F)(F)F)CC2)c1. The molecular weight excluding hydrogens is 325 g/mol. The maximum Gasteiger partial charge on any atom is 0.407 e. The van der Waals surface area contributed by atoms with Crippen molar-refractivity contribution in [3.05, 3.63) is 35.4 Å². The number of hydrogen-bond donors (Lipinski definition) is 2. The summed E-state index contributed by atoms with van der Waals surface area (Å²) < 4.78 is 63.9. The molecule has 0 aromatic heterocycles.